The lowest BCUT2D eigenvalue weighted by Gasteiger charge is -2.08. The van der Waals surface area contributed by atoms with E-state index in [1.54, 1.807) is 48.2 Å². The van der Waals surface area contributed by atoms with Crippen molar-refractivity contribution in [3.63, 3.8) is 0 Å². The van der Waals surface area contributed by atoms with E-state index < -0.39 is 0 Å². The van der Waals surface area contributed by atoms with Gasteiger partial charge in [0.2, 0.25) is 0 Å². The van der Waals surface area contributed by atoms with Crippen molar-refractivity contribution in [2.45, 2.75) is 9.79 Å². The minimum Gasteiger partial charge on any atom is -0.457 e. The Bertz CT molecular complexity index is 1090. The van der Waals surface area contributed by atoms with Gasteiger partial charge in [0.15, 0.2) is 0 Å². The van der Waals surface area contributed by atoms with Crippen molar-refractivity contribution in [3.8, 4) is 23.0 Å². The number of carbonyl (C=O) groups is 2. The summed E-state index contributed by atoms with van der Waals surface area (Å²) in [6.07, 6.45) is 1.59. The molecule has 31 heavy (non-hydrogen) atoms. The minimum absolute atomic E-state index is 0.577. The number of hydrogen-bond acceptors (Lipinski definition) is 5. The van der Waals surface area contributed by atoms with Gasteiger partial charge in [-0.05, 0) is 72.8 Å². The second-order valence-electron chi connectivity index (χ2n) is 6.63. The second kappa shape index (κ2) is 9.78. The topological polar surface area (TPSA) is 52.6 Å². The lowest BCUT2D eigenvalue weighted by Crippen LogP contribution is -1.87. The molecule has 0 unspecified atom stereocenters. The molecule has 152 valence electrons. The van der Waals surface area contributed by atoms with Gasteiger partial charge in [0.1, 0.15) is 35.6 Å². The van der Waals surface area contributed by atoms with E-state index >= 15 is 0 Å². The Morgan fingerprint density at radius 1 is 0.516 bits per heavy atom. The predicted molar refractivity (Wildman–Crippen MR) is 121 cm³/mol. The maximum absolute atomic E-state index is 10.9. The fourth-order valence-electron chi connectivity index (χ4n) is 2.86. The summed E-state index contributed by atoms with van der Waals surface area (Å²) in [5.41, 5.74) is 1.15. The molecule has 0 heterocycles. The zero-order valence-corrected chi connectivity index (χ0v) is 17.3. The van der Waals surface area contributed by atoms with E-state index in [1.165, 1.54) is 0 Å². The molecule has 0 saturated carbocycles. The summed E-state index contributed by atoms with van der Waals surface area (Å²) in [6, 6.07) is 29.6. The molecule has 0 fully saturated rings. The third kappa shape index (κ3) is 5.62. The molecule has 0 saturated heterocycles. The van der Waals surface area contributed by atoms with E-state index in [4.69, 9.17) is 9.47 Å². The molecule has 0 aromatic heterocycles. The van der Waals surface area contributed by atoms with Gasteiger partial charge in [0.25, 0.3) is 0 Å². The molecule has 0 aliphatic carbocycles. The smallest absolute Gasteiger partial charge is 0.150 e. The number of hydrogen-bond donors (Lipinski definition) is 0. The van der Waals surface area contributed by atoms with Crippen molar-refractivity contribution in [1.29, 1.82) is 0 Å². The summed E-state index contributed by atoms with van der Waals surface area (Å²) in [5.74, 6) is 2.65. The van der Waals surface area contributed by atoms with Gasteiger partial charge >= 0.3 is 0 Å². The summed E-state index contributed by atoms with van der Waals surface area (Å²) < 4.78 is 11.6. The Hall–Kier alpha value is -3.83. The normalized spacial score (nSPS) is 10.3. The highest BCUT2D eigenvalue weighted by Crippen LogP contribution is 2.32. The van der Waals surface area contributed by atoms with Gasteiger partial charge in [-0.25, -0.2) is 0 Å². The number of ether oxygens (including phenoxy) is 2. The van der Waals surface area contributed by atoms with Crippen LogP contribution in [0.4, 0.5) is 0 Å². The van der Waals surface area contributed by atoms with Crippen molar-refractivity contribution < 1.29 is 19.1 Å². The molecule has 0 amide bonds. The Labute approximate surface area is 184 Å². The Morgan fingerprint density at radius 3 is 1.32 bits per heavy atom. The van der Waals surface area contributed by atoms with Crippen molar-refractivity contribution >= 4 is 24.3 Å². The van der Waals surface area contributed by atoms with Gasteiger partial charge in [0.05, 0.1) is 0 Å². The first-order valence-electron chi connectivity index (χ1n) is 9.56. The molecular formula is C26H18O4S. The van der Waals surface area contributed by atoms with Crippen molar-refractivity contribution in [1.82, 2.24) is 0 Å². The zero-order chi connectivity index (χ0) is 21.5. The van der Waals surface area contributed by atoms with Gasteiger partial charge in [-0.1, -0.05) is 36.0 Å². The maximum atomic E-state index is 10.9. The average molecular weight is 426 g/mol. The number of rotatable bonds is 8. The fraction of sp³-hybridized carbons (Fsp3) is 0. The van der Waals surface area contributed by atoms with Crippen LogP contribution in [0.3, 0.4) is 0 Å². The standard InChI is InChI=1S/C26H18O4S/c27-17-19-3-1-5-23(15-19)29-21-7-11-25(12-8-21)31-26-13-9-22(10-14-26)30-24-6-2-4-20(16-24)18-28/h1-18H. The van der Waals surface area contributed by atoms with E-state index in [1.807, 2.05) is 60.7 Å². The number of carbonyl (C=O) groups excluding carboxylic acids is 2. The molecule has 4 nitrogen and oxygen atoms in total. The van der Waals surface area contributed by atoms with Gasteiger partial charge in [-0.2, -0.15) is 0 Å². The van der Waals surface area contributed by atoms with Crippen LogP contribution in [0.25, 0.3) is 0 Å². The summed E-state index contributed by atoms with van der Waals surface area (Å²) in [4.78, 5) is 23.9. The molecule has 0 N–H and O–H groups in total. The SMILES string of the molecule is O=Cc1cccc(Oc2ccc(Sc3ccc(Oc4cccc(C=O)c4)cc3)cc2)c1. The van der Waals surface area contributed by atoms with Crippen LogP contribution in [0.5, 0.6) is 23.0 Å². The fourth-order valence-corrected chi connectivity index (χ4v) is 3.68. The molecule has 0 radical (unpaired) electrons. The molecule has 4 aromatic carbocycles. The molecule has 5 heteroatoms. The van der Waals surface area contributed by atoms with E-state index in [-0.39, 0.29) is 0 Å². The quantitative estimate of drug-likeness (QED) is 0.283. The lowest BCUT2D eigenvalue weighted by molar-refractivity contribution is 0.111. The molecule has 4 aromatic rings. The lowest BCUT2D eigenvalue weighted by atomic mass is 10.2. The molecule has 0 spiro atoms. The zero-order valence-electron chi connectivity index (χ0n) is 16.4. The summed E-state index contributed by atoms with van der Waals surface area (Å²) in [6.45, 7) is 0. The number of aldehydes is 2. The monoisotopic (exact) mass is 426 g/mol. The average Bonchev–Trinajstić information content (AvgIpc) is 2.82. The molecule has 4 rings (SSSR count). The highest BCUT2D eigenvalue weighted by Gasteiger charge is 2.03. The Morgan fingerprint density at radius 2 is 0.935 bits per heavy atom. The highest BCUT2D eigenvalue weighted by molar-refractivity contribution is 7.99. The third-order valence-corrected chi connectivity index (χ3v) is 5.36. The summed E-state index contributed by atoms with van der Waals surface area (Å²) >= 11 is 1.63. The van der Waals surface area contributed by atoms with Gasteiger partial charge in [-0.15, -0.1) is 0 Å². The molecule has 0 aliphatic heterocycles. The predicted octanol–water partition coefficient (Wildman–Crippen LogP) is 7.05. The van der Waals surface area contributed by atoms with E-state index in [0.29, 0.717) is 34.1 Å². The molecule has 0 bridgehead atoms. The van der Waals surface area contributed by atoms with Crippen LogP contribution in [0.15, 0.2) is 107 Å². The minimum atomic E-state index is 0.577. The van der Waals surface area contributed by atoms with Crippen molar-refractivity contribution in [2.24, 2.45) is 0 Å². The van der Waals surface area contributed by atoms with Gasteiger partial charge in [0, 0.05) is 20.9 Å². The van der Waals surface area contributed by atoms with Crippen LogP contribution < -0.4 is 9.47 Å². The van der Waals surface area contributed by atoms with Gasteiger partial charge in [-0.3, -0.25) is 9.59 Å². The Kier molecular flexibility index (Phi) is 6.45. The van der Waals surface area contributed by atoms with E-state index in [0.717, 1.165) is 22.4 Å². The van der Waals surface area contributed by atoms with Crippen LogP contribution in [0.1, 0.15) is 20.7 Å². The summed E-state index contributed by atoms with van der Waals surface area (Å²) in [7, 11) is 0. The van der Waals surface area contributed by atoms with Crippen LogP contribution in [0.2, 0.25) is 0 Å². The van der Waals surface area contributed by atoms with E-state index in [2.05, 4.69) is 0 Å². The van der Waals surface area contributed by atoms with Gasteiger partial charge < -0.3 is 9.47 Å². The third-order valence-electron chi connectivity index (χ3n) is 4.34. The van der Waals surface area contributed by atoms with Crippen LogP contribution in [-0.4, -0.2) is 12.6 Å². The Balaban J connectivity index is 1.37. The first kappa shape index (κ1) is 20.4. The van der Waals surface area contributed by atoms with Crippen LogP contribution >= 0.6 is 11.8 Å². The largest absolute Gasteiger partial charge is 0.457 e. The maximum Gasteiger partial charge on any atom is 0.150 e. The first-order valence-corrected chi connectivity index (χ1v) is 10.4. The van der Waals surface area contributed by atoms with Crippen LogP contribution in [-0.2, 0) is 0 Å². The highest BCUT2D eigenvalue weighted by atomic mass is 32.2. The summed E-state index contributed by atoms with van der Waals surface area (Å²) in [5, 5.41) is 0. The molecule has 0 aliphatic rings. The van der Waals surface area contributed by atoms with Crippen molar-refractivity contribution in [3.05, 3.63) is 108 Å². The van der Waals surface area contributed by atoms with Crippen molar-refractivity contribution in [2.75, 3.05) is 0 Å². The number of benzene rings is 4. The second-order valence-corrected chi connectivity index (χ2v) is 7.78. The molecular weight excluding hydrogens is 408 g/mol. The van der Waals surface area contributed by atoms with E-state index in [9.17, 15) is 9.59 Å². The van der Waals surface area contributed by atoms with Crippen LogP contribution in [0, 0.1) is 0 Å². The first-order chi connectivity index (χ1) is 15.2. The molecule has 0 atom stereocenters.